The zero-order valence-electron chi connectivity index (χ0n) is 13.3. The fourth-order valence-corrected chi connectivity index (χ4v) is 3.30. The number of rotatable bonds is 5. The molecule has 2 nitrogen and oxygen atoms in total. The van der Waals surface area contributed by atoms with Crippen LogP contribution in [0.15, 0.2) is 48.5 Å². The summed E-state index contributed by atoms with van der Waals surface area (Å²) in [5, 5.41) is 3.62. The van der Waals surface area contributed by atoms with Gasteiger partial charge in [-0.2, -0.15) is 0 Å². The quantitative estimate of drug-likeness (QED) is 0.802. The highest BCUT2D eigenvalue weighted by atomic mass is 16.5. The maximum absolute atomic E-state index is 5.51. The van der Waals surface area contributed by atoms with Crippen molar-refractivity contribution < 1.29 is 4.74 Å². The van der Waals surface area contributed by atoms with Crippen LogP contribution in [0.1, 0.15) is 32.1 Å². The first-order chi connectivity index (χ1) is 10.9. The topological polar surface area (TPSA) is 21.3 Å². The van der Waals surface area contributed by atoms with Crippen LogP contribution in [-0.2, 0) is 0 Å². The molecule has 0 saturated heterocycles. The van der Waals surface area contributed by atoms with Gasteiger partial charge in [-0.05, 0) is 42.0 Å². The molecule has 2 heteroatoms. The Bertz CT molecular complexity index is 588. The van der Waals surface area contributed by atoms with Crippen LogP contribution in [0.2, 0.25) is 0 Å². The molecule has 0 heterocycles. The molecule has 1 aliphatic carbocycles. The molecule has 0 aliphatic heterocycles. The second-order valence-corrected chi connectivity index (χ2v) is 6.17. The average molecular weight is 295 g/mol. The maximum atomic E-state index is 5.51. The standard InChI is InChI=1S/C20H25NO/c1-22-20-13-12-18(17-10-6-3-7-11-17)14-19(20)21-15-16-8-4-2-5-9-16/h3,6-7,10-14,16,21H,2,4-5,8-9,15H2,1H3. The van der Waals surface area contributed by atoms with Gasteiger partial charge >= 0.3 is 0 Å². The molecule has 2 aromatic carbocycles. The molecule has 116 valence electrons. The first-order valence-electron chi connectivity index (χ1n) is 8.34. The number of anilines is 1. The van der Waals surface area contributed by atoms with E-state index in [-0.39, 0.29) is 0 Å². The zero-order valence-corrected chi connectivity index (χ0v) is 13.3. The predicted molar refractivity (Wildman–Crippen MR) is 93.5 cm³/mol. The molecule has 0 bridgehead atoms. The van der Waals surface area contributed by atoms with Gasteiger partial charge in [0.05, 0.1) is 12.8 Å². The van der Waals surface area contributed by atoms with Crippen LogP contribution in [0.3, 0.4) is 0 Å². The van der Waals surface area contributed by atoms with Crippen LogP contribution in [0.25, 0.3) is 11.1 Å². The molecule has 0 atom stereocenters. The third-order valence-corrected chi connectivity index (χ3v) is 4.61. The number of methoxy groups -OCH3 is 1. The highest BCUT2D eigenvalue weighted by molar-refractivity contribution is 5.71. The van der Waals surface area contributed by atoms with Gasteiger partial charge < -0.3 is 10.1 Å². The summed E-state index contributed by atoms with van der Waals surface area (Å²) in [6.07, 6.45) is 6.88. The van der Waals surface area contributed by atoms with Gasteiger partial charge in [0.25, 0.3) is 0 Å². The second-order valence-electron chi connectivity index (χ2n) is 6.17. The molecule has 0 unspecified atom stereocenters. The van der Waals surface area contributed by atoms with Crippen LogP contribution >= 0.6 is 0 Å². The zero-order chi connectivity index (χ0) is 15.2. The molecule has 1 saturated carbocycles. The largest absolute Gasteiger partial charge is 0.495 e. The molecule has 0 radical (unpaired) electrons. The van der Waals surface area contributed by atoms with Gasteiger partial charge in [-0.15, -0.1) is 0 Å². The molecule has 1 fully saturated rings. The van der Waals surface area contributed by atoms with Crippen molar-refractivity contribution in [1.82, 2.24) is 0 Å². The van der Waals surface area contributed by atoms with Crippen molar-refractivity contribution in [3.63, 3.8) is 0 Å². The van der Waals surface area contributed by atoms with E-state index in [1.165, 1.54) is 43.2 Å². The van der Waals surface area contributed by atoms with E-state index in [1.807, 2.05) is 0 Å². The molecule has 22 heavy (non-hydrogen) atoms. The highest BCUT2D eigenvalue weighted by Crippen LogP contribution is 2.31. The lowest BCUT2D eigenvalue weighted by Gasteiger charge is -2.23. The number of benzene rings is 2. The summed E-state index contributed by atoms with van der Waals surface area (Å²) >= 11 is 0. The molecule has 3 rings (SSSR count). The Hall–Kier alpha value is -1.96. The monoisotopic (exact) mass is 295 g/mol. The predicted octanol–water partition coefficient (Wildman–Crippen LogP) is 5.35. The summed E-state index contributed by atoms with van der Waals surface area (Å²) in [7, 11) is 1.74. The second kappa shape index (κ2) is 7.35. The van der Waals surface area contributed by atoms with E-state index in [2.05, 4.69) is 53.8 Å². The van der Waals surface area contributed by atoms with Crippen LogP contribution < -0.4 is 10.1 Å². The van der Waals surface area contributed by atoms with E-state index in [1.54, 1.807) is 7.11 Å². The Morgan fingerprint density at radius 1 is 0.955 bits per heavy atom. The van der Waals surface area contributed by atoms with E-state index in [9.17, 15) is 0 Å². The van der Waals surface area contributed by atoms with E-state index < -0.39 is 0 Å². The lowest BCUT2D eigenvalue weighted by atomic mass is 9.89. The summed E-state index contributed by atoms with van der Waals surface area (Å²) in [5.74, 6) is 1.73. The summed E-state index contributed by atoms with van der Waals surface area (Å²) < 4.78 is 5.51. The normalized spacial score (nSPS) is 15.5. The smallest absolute Gasteiger partial charge is 0.141 e. The van der Waals surface area contributed by atoms with Crippen LogP contribution in [-0.4, -0.2) is 13.7 Å². The minimum Gasteiger partial charge on any atom is -0.495 e. The Morgan fingerprint density at radius 3 is 2.45 bits per heavy atom. The van der Waals surface area contributed by atoms with Crippen molar-refractivity contribution in [3.8, 4) is 16.9 Å². The molecule has 0 aromatic heterocycles. The minimum absolute atomic E-state index is 0.804. The summed E-state index contributed by atoms with van der Waals surface area (Å²) in [4.78, 5) is 0. The molecular formula is C20H25NO. The van der Waals surface area contributed by atoms with E-state index in [4.69, 9.17) is 4.74 Å². The Balaban J connectivity index is 1.76. The molecular weight excluding hydrogens is 270 g/mol. The maximum Gasteiger partial charge on any atom is 0.141 e. The molecule has 2 aromatic rings. The van der Waals surface area contributed by atoms with Crippen LogP contribution in [0.5, 0.6) is 5.75 Å². The molecule has 1 N–H and O–H groups in total. The van der Waals surface area contributed by atoms with Crippen molar-refractivity contribution in [2.45, 2.75) is 32.1 Å². The van der Waals surface area contributed by atoms with Gasteiger partial charge in [-0.25, -0.2) is 0 Å². The summed E-state index contributed by atoms with van der Waals surface area (Å²) in [6, 6.07) is 16.9. The van der Waals surface area contributed by atoms with Gasteiger partial charge in [0.2, 0.25) is 0 Å². The Labute approximate surface area is 133 Å². The van der Waals surface area contributed by atoms with Gasteiger partial charge in [-0.3, -0.25) is 0 Å². The molecule has 1 aliphatic rings. The van der Waals surface area contributed by atoms with Crippen molar-refractivity contribution in [1.29, 1.82) is 0 Å². The molecule has 0 amide bonds. The lowest BCUT2D eigenvalue weighted by Crippen LogP contribution is -2.17. The third-order valence-electron chi connectivity index (χ3n) is 4.61. The van der Waals surface area contributed by atoms with E-state index in [0.717, 1.165) is 23.9 Å². The van der Waals surface area contributed by atoms with Gasteiger partial charge in [0, 0.05) is 6.54 Å². The fourth-order valence-electron chi connectivity index (χ4n) is 3.30. The van der Waals surface area contributed by atoms with Gasteiger partial charge in [-0.1, -0.05) is 55.7 Å². The third kappa shape index (κ3) is 3.62. The first kappa shape index (κ1) is 15.0. The number of hydrogen-bond acceptors (Lipinski definition) is 2. The van der Waals surface area contributed by atoms with E-state index in [0.29, 0.717) is 0 Å². The van der Waals surface area contributed by atoms with Crippen LogP contribution in [0, 0.1) is 5.92 Å². The number of ether oxygens (including phenoxy) is 1. The van der Waals surface area contributed by atoms with Crippen molar-refractivity contribution >= 4 is 5.69 Å². The SMILES string of the molecule is COc1ccc(-c2ccccc2)cc1NCC1CCCCC1. The first-order valence-corrected chi connectivity index (χ1v) is 8.34. The van der Waals surface area contributed by atoms with E-state index >= 15 is 0 Å². The van der Waals surface area contributed by atoms with Gasteiger partial charge in [0.1, 0.15) is 5.75 Å². The number of hydrogen-bond donors (Lipinski definition) is 1. The summed E-state index contributed by atoms with van der Waals surface area (Å²) in [6.45, 7) is 1.05. The fraction of sp³-hybridized carbons (Fsp3) is 0.400. The Morgan fingerprint density at radius 2 is 1.73 bits per heavy atom. The highest BCUT2D eigenvalue weighted by Gasteiger charge is 2.14. The van der Waals surface area contributed by atoms with Crippen molar-refractivity contribution in [3.05, 3.63) is 48.5 Å². The van der Waals surface area contributed by atoms with Crippen molar-refractivity contribution in [2.24, 2.45) is 5.92 Å². The van der Waals surface area contributed by atoms with Gasteiger partial charge in [0.15, 0.2) is 0 Å². The summed E-state index contributed by atoms with van der Waals surface area (Å²) in [5.41, 5.74) is 3.58. The van der Waals surface area contributed by atoms with Crippen LogP contribution in [0.4, 0.5) is 5.69 Å². The lowest BCUT2D eigenvalue weighted by molar-refractivity contribution is 0.372. The Kier molecular flexibility index (Phi) is 4.99. The average Bonchev–Trinajstić information content (AvgIpc) is 2.61. The number of nitrogens with one attached hydrogen (secondary N) is 1. The van der Waals surface area contributed by atoms with Crippen molar-refractivity contribution in [2.75, 3.05) is 19.0 Å². The molecule has 0 spiro atoms. The minimum atomic E-state index is 0.804.